The molecule has 0 bridgehead atoms. The molecule has 0 saturated carbocycles. The summed E-state index contributed by atoms with van der Waals surface area (Å²) in [7, 11) is 0. The van der Waals surface area contributed by atoms with Crippen molar-refractivity contribution in [2.45, 2.75) is 18.9 Å². The minimum Gasteiger partial charge on any atom is -0.328 e. The normalized spacial score (nSPS) is 13.9. The van der Waals surface area contributed by atoms with E-state index in [2.05, 4.69) is 4.98 Å². The Hall–Kier alpha value is -3.63. The molecule has 1 atom stereocenters. The van der Waals surface area contributed by atoms with Gasteiger partial charge in [-0.25, -0.2) is 4.79 Å². The first-order chi connectivity index (χ1) is 14.4. The molecule has 11 heteroatoms. The number of carbonyl (C=O) groups excluding carboxylic acids is 4. The van der Waals surface area contributed by atoms with Crippen LogP contribution < -0.4 is 10.6 Å². The maximum Gasteiger partial charge on any atom is 0.361 e. The van der Waals surface area contributed by atoms with E-state index in [4.69, 9.17) is 16.0 Å². The lowest BCUT2D eigenvalue weighted by atomic mass is 10.0. The number of rotatable bonds is 7. The topological polar surface area (TPSA) is 147 Å². The zero-order valence-corrected chi connectivity index (χ0v) is 17.1. The van der Waals surface area contributed by atoms with Gasteiger partial charge >= 0.3 is 5.97 Å². The summed E-state index contributed by atoms with van der Waals surface area (Å²) in [5.74, 6) is -3.12. The van der Waals surface area contributed by atoms with E-state index >= 15 is 0 Å². The Bertz CT molecular complexity index is 970. The van der Waals surface area contributed by atoms with E-state index in [0.717, 1.165) is 4.90 Å². The molecule has 1 aliphatic heterocycles. The number of amides is 3. The average molecular weight is 446 g/mol. The maximum atomic E-state index is 13.1. The lowest BCUT2D eigenvalue weighted by Crippen LogP contribution is -2.54. The van der Waals surface area contributed by atoms with Crippen molar-refractivity contribution < 1.29 is 24.0 Å². The quantitative estimate of drug-likeness (QED) is 0.474. The van der Waals surface area contributed by atoms with Gasteiger partial charge in [0.2, 0.25) is 5.91 Å². The summed E-state index contributed by atoms with van der Waals surface area (Å²) in [5, 5.41) is 8.97. The number of nitrogens with one attached hydrogen (secondary N) is 1. The van der Waals surface area contributed by atoms with Gasteiger partial charge in [-0.2, -0.15) is 0 Å². The Morgan fingerprint density at radius 1 is 1.10 bits per heavy atom. The second-order valence-electron chi connectivity index (χ2n) is 6.35. The van der Waals surface area contributed by atoms with Gasteiger partial charge in [-0.15, -0.1) is 17.5 Å². The number of carbonyl (C=O) groups is 4. The average Bonchev–Trinajstić information content (AvgIpc) is 3.09. The molecule has 2 heterocycles. The molecule has 2 aromatic rings. The van der Waals surface area contributed by atoms with E-state index in [1.54, 1.807) is 30.3 Å². The molecule has 1 aromatic heterocycles. The number of halogens is 1. The second-order valence-corrected chi connectivity index (χ2v) is 6.35. The van der Waals surface area contributed by atoms with Crippen LogP contribution in [-0.4, -0.2) is 52.0 Å². The number of para-hydroxylation sites is 1. The summed E-state index contributed by atoms with van der Waals surface area (Å²) in [6, 6.07) is 9.55. The van der Waals surface area contributed by atoms with E-state index in [1.807, 2.05) is 0 Å². The van der Waals surface area contributed by atoms with Crippen LogP contribution in [0.15, 0.2) is 54.9 Å². The first-order valence-electron chi connectivity index (χ1n) is 9.07. The largest absolute Gasteiger partial charge is 0.361 e. The highest BCUT2D eigenvalue weighted by atomic mass is 35.5. The summed E-state index contributed by atoms with van der Waals surface area (Å²) in [6.45, 7) is -0.441. The highest BCUT2D eigenvalue weighted by Gasteiger charge is 2.40. The molecule has 0 spiro atoms. The number of nitrogens with two attached hydrogens (primary N) is 1. The summed E-state index contributed by atoms with van der Waals surface area (Å²) in [6.07, 6.45) is 2.69. The molecule has 1 aromatic carbocycles. The minimum atomic E-state index is -1.59. The third kappa shape index (κ3) is 5.11. The van der Waals surface area contributed by atoms with Crippen LogP contribution in [0.3, 0.4) is 0 Å². The molecule has 3 amide bonds. The molecule has 162 valence electrons. The molecule has 1 saturated heterocycles. The molecular formula is C20H20ClN5O5. The predicted octanol–water partition coefficient (Wildman–Crippen LogP) is 0.839. The van der Waals surface area contributed by atoms with E-state index < -0.39 is 36.3 Å². The Morgan fingerprint density at radius 3 is 2.23 bits per heavy atom. The zero-order chi connectivity index (χ0) is 21.7. The van der Waals surface area contributed by atoms with Gasteiger partial charge < -0.3 is 16.0 Å². The fourth-order valence-electron chi connectivity index (χ4n) is 2.96. The molecule has 0 radical (unpaired) electrons. The Balaban J connectivity index is 0.00000341. The lowest BCUT2D eigenvalue weighted by Gasteiger charge is -2.31. The Kier molecular flexibility index (Phi) is 7.94. The van der Waals surface area contributed by atoms with Crippen LogP contribution in [0.5, 0.6) is 0 Å². The first-order valence-corrected chi connectivity index (χ1v) is 9.07. The van der Waals surface area contributed by atoms with Crippen LogP contribution in [0, 0.1) is 5.41 Å². The van der Waals surface area contributed by atoms with E-state index in [1.165, 1.54) is 24.5 Å². The van der Waals surface area contributed by atoms with Crippen LogP contribution in [0.1, 0.15) is 18.4 Å². The molecule has 1 fully saturated rings. The molecule has 3 rings (SSSR count). The minimum absolute atomic E-state index is 0. The van der Waals surface area contributed by atoms with Gasteiger partial charge in [0.15, 0.2) is 6.04 Å². The van der Waals surface area contributed by atoms with Crippen molar-refractivity contribution in [3.05, 3.63) is 60.4 Å². The van der Waals surface area contributed by atoms with Crippen molar-refractivity contribution in [1.29, 1.82) is 5.41 Å². The van der Waals surface area contributed by atoms with E-state index in [9.17, 15) is 19.2 Å². The fraction of sp³-hybridized carbons (Fsp3) is 0.200. The highest BCUT2D eigenvalue weighted by molar-refractivity contribution is 6.20. The van der Waals surface area contributed by atoms with Crippen molar-refractivity contribution in [2.24, 2.45) is 5.73 Å². The van der Waals surface area contributed by atoms with E-state index in [-0.39, 0.29) is 31.0 Å². The number of hydrogen-bond donors (Lipinski definition) is 2. The molecule has 0 unspecified atom stereocenters. The Labute approximate surface area is 183 Å². The number of aromatic nitrogens is 1. The molecule has 3 N–H and O–H groups in total. The van der Waals surface area contributed by atoms with Crippen molar-refractivity contribution in [3.8, 4) is 0 Å². The number of benzene rings is 1. The molecular weight excluding hydrogens is 426 g/mol. The number of imide groups is 1. The fourth-order valence-corrected chi connectivity index (χ4v) is 2.96. The monoisotopic (exact) mass is 445 g/mol. The molecule has 10 nitrogen and oxygen atoms in total. The number of nitrogens with zero attached hydrogens (tertiary/aromatic N) is 3. The van der Waals surface area contributed by atoms with Gasteiger partial charge in [0.05, 0.1) is 12.3 Å². The summed E-state index contributed by atoms with van der Waals surface area (Å²) in [5.41, 5.74) is 5.87. The summed E-state index contributed by atoms with van der Waals surface area (Å²) >= 11 is 0. The van der Waals surface area contributed by atoms with E-state index in [0.29, 0.717) is 16.3 Å². The van der Waals surface area contributed by atoms with Crippen LogP contribution in [-0.2, 0) is 24.0 Å². The predicted molar refractivity (Wildman–Crippen MR) is 112 cm³/mol. The number of hydrogen-bond acceptors (Lipinski definition) is 8. The smallest absolute Gasteiger partial charge is 0.328 e. The van der Waals surface area contributed by atoms with Crippen molar-refractivity contribution in [1.82, 2.24) is 10.0 Å². The van der Waals surface area contributed by atoms with Gasteiger partial charge in [-0.3, -0.25) is 24.3 Å². The summed E-state index contributed by atoms with van der Waals surface area (Å²) < 4.78 is 0. The van der Waals surface area contributed by atoms with Gasteiger partial charge in [-0.05, 0) is 24.3 Å². The van der Waals surface area contributed by atoms with Gasteiger partial charge in [0, 0.05) is 36.5 Å². The van der Waals surface area contributed by atoms with Crippen molar-refractivity contribution >= 4 is 47.5 Å². The first kappa shape index (κ1) is 23.6. The number of pyridine rings is 1. The number of anilines is 1. The standard InChI is InChI=1S/C20H19N5O5.ClH/c21-12-17(28)24(14-4-2-1-3-5-14)19(18(22)13-8-10-23-11-9-13)20(29)30-25-15(26)6-7-16(25)27;/h1-5,8-11,19,22H,6-7,12,21H2;1H/t19-;/m0./s1. The molecule has 31 heavy (non-hydrogen) atoms. The number of hydroxylamine groups is 2. The van der Waals surface area contributed by atoms with Crippen molar-refractivity contribution in [2.75, 3.05) is 11.4 Å². The second kappa shape index (κ2) is 10.4. The van der Waals surface area contributed by atoms with Crippen LogP contribution >= 0.6 is 12.4 Å². The highest BCUT2D eigenvalue weighted by Crippen LogP contribution is 2.22. The lowest BCUT2D eigenvalue weighted by molar-refractivity contribution is -0.197. The molecule has 0 aliphatic carbocycles. The van der Waals surface area contributed by atoms with Crippen LogP contribution in [0.2, 0.25) is 0 Å². The van der Waals surface area contributed by atoms with Gasteiger partial charge in [0.1, 0.15) is 0 Å². The zero-order valence-electron chi connectivity index (χ0n) is 16.3. The van der Waals surface area contributed by atoms with Crippen LogP contribution in [0.25, 0.3) is 0 Å². The van der Waals surface area contributed by atoms with Crippen LogP contribution in [0.4, 0.5) is 5.69 Å². The van der Waals surface area contributed by atoms with Gasteiger partial charge in [0.25, 0.3) is 11.8 Å². The SMILES string of the molecule is Cl.N=C(c1ccncc1)[C@@H](C(=O)ON1C(=O)CCC1=O)N(C(=O)CN)c1ccccc1. The Morgan fingerprint density at radius 2 is 1.68 bits per heavy atom. The third-order valence-corrected chi connectivity index (χ3v) is 4.41. The molecule has 1 aliphatic rings. The third-order valence-electron chi connectivity index (χ3n) is 4.41. The van der Waals surface area contributed by atoms with Crippen molar-refractivity contribution in [3.63, 3.8) is 0 Å². The maximum absolute atomic E-state index is 13.1. The van der Waals surface area contributed by atoms with Gasteiger partial charge in [-0.1, -0.05) is 18.2 Å². The summed E-state index contributed by atoms with van der Waals surface area (Å²) in [4.78, 5) is 59.5.